The van der Waals surface area contributed by atoms with Crippen LogP contribution in [0.5, 0.6) is 5.75 Å². The molecule has 102 valence electrons. The molecule has 2 rings (SSSR count). The van der Waals surface area contributed by atoms with E-state index in [1.807, 2.05) is 0 Å². The van der Waals surface area contributed by atoms with E-state index in [1.54, 1.807) is 47.3 Å². The number of halogens is 1. The second-order valence-corrected chi connectivity index (χ2v) is 4.13. The fourth-order valence-corrected chi connectivity index (χ4v) is 1.62. The summed E-state index contributed by atoms with van der Waals surface area (Å²) in [7, 11) is 0. The van der Waals surface area contributed by atoms with Gasteiger partial charge in [-0.05, 0) is 18.2 Å². The molecule has 7 heteroatoms. The summed E-state index contributed by atoms with van der Waals surface area (Å²) in [4.78, 5) is 15.7. The molecule has 0 aliphatic rings. The smallest absolute Gasteiger partial charge is 0.336 e. The molecule has 2 aromatic rings. The fraction of sp³-hybridized carbons (Fsp3) is 0.250. The quantitative estimate of drug-likeness (QED) is 0.358. The number of aliphatic hydroxyl groups excluding tert-OH is 1. The molecule has 1 unspecified atom stereocenters. The van der Waals surface area contributed by atoms with Crippen LogP contribution in [0.1, 0.15) is 0 Å². The Bertz CT molecular complexity index is 596. The minimum absolute atomic E-state index is 0.00556. The van der Waals surface area contributed by atoms with Crippen LogP contribution in [0.2, 0.25) is 0 Å². The van der Waals surface area contributed by atoms with Crippen LogP contribution in [0.3, 0.4) is 0 Å². The van der Waals surface area contributed by atoms with Gasteiger partial charge in [-0.15, -0.1) is 0 Å². The van der Waals surface area contributed by atoms with Gasteiger partial charge in [-0.2, -0.15) is 3.22 Å². The van der Waals surface area contributed by atoms with Crippen molar-refractivity contribution in [1.29, 1.82) is 0 Å². The molecule has 1 atom stereocenters. The number of ether oxygens (including phenoxy) is 1. The van der Waals surface area contributed by atoms with Gasteiger partial charge in [-0.1, -0.05) is 0 Å². The Labute approximate surface area is 122 Å². The van der Waals surface area contributed by atoms with Crippen LogP contribution in [0.4, 0.5) is 0 Å². The zero-order valence-corrected chi connectivity index (χ0v) is 11.9. The van der Waals surface area contributed by atoms with Gasteiger partial charge in [-0.3, -0.25) is 0 Å². The molecule has 0 spiro atoms. The van der Waals surface area contributed by atoms with Crippen LogP contribution >= 0.6 is 23.0 Å². The first kappa shape index (κ1) is 14.3. The molecule has 0 saturated carbocycles. The average Bonchev–Trinajstić information content (AvgIpc) is 2.42. The zero-order chi connectivity index (χ0) is 13.7. The number of rotatable bonds is 6. The Kier molecular flexibility index (Phi) is 5.14. The topological polar surface area (TPSA) is 78.1 Å². The summed E-state index contributed by atoms with van der Waals surface area (Å²) in [6.45, 7) is 0.0498. The van der Waals surface area contributed by atoms with E-state index in [0.717, 1.165) is 5.39 Å². The molecule has 1 aromatic carbocycles. The van der Waals surface area contributed by atoms with Crippen molar-refractivity contribution in [2.45, 2.75) is 6.10 Å². The summed E-state index contributed by atoms with van der Waals surface area (Å²) >= 11 is 1.56. The maximum Gasteiger partial charge on any atom is 0.336 e. The van der Waals surface area contributed by atoms with Crippen molar-refractivity contribution >= 4 is 34.0 Å². The van der Waals surface area contributed by atoms with Crippen molar-refractivity contribution in [3.63, 3.8) is 0 Å². The van der Waals surface area contributed by atoms with E-state index in [9.17, 15) is 9.90 Å². The third-order valence-electron chi connectivity index (χ3n) is 2.34. The van der Waals surface area contributed by atoms with E-state index in [-0.39, 0.29) is 13.2 Å². The molecule has 0 fully saturated rings. The first-order valence-corrected chi connectivity index (χ1v) is 6.32. The van der Waals surface area contributed by atoms with Gasteiger partial charge in [0.2, 0.25) is 0 Å². The van der Waals surface area contributed by atoms with Gasteiger partial charge in [0.1, 0.15) is 30.7 Å². The van der Waals surface area contributed by atoms with Crippen molar-refractivity contribution in [3.8, 4) is 5.75 Å². The molecule has 1 N–H and O–H groups in total. The monoisotopic (exact) mass is 378 g/mol. The Morgan fingerprint density at radius 2 is 2.05 bits per heavy atom. The lowest BCUT2D eigenvalue weighted by atomic mass is 10.2. The second kappa shape index (κ2) is 6.85. The van der Waals surface area contributed by atoms with Crippen molar-refractivity contribution in [1.82, 2.24) is 0 Å². The van der Waals surface area contributed by atoms with Crippen LogP contribution in [0.25, 0.3) is 11.0 Å². The molecule has 0 aliphatic heterocycles. The Morgan fingerprint density at radius 3 is 2.84 bits per heavy atom. The first-order valence-electron chi connectivity index (χ1n) is 5.44. The van der Waals surface area contributed by atoms with Gasteiger partial charge in [0.05, 0.1) is 0 Å². The van der Waals surface area contributed by atoms with E-state index < -0.39 is 11.7 Å². The molecule has 0 bridgehead atoms. The number of hydrogen-bond acceptors (Lipinski definition) is 6. The minimum atomic E-state index is -0.812. The molecule has 0 amide bonds. The highest BCUT2D eigenvalue weighted by atomic mass is 127. The van der Waals surface area contributed by atoms with E-state index in [1.165, 1.54) is 6.07 Å². The van der Waals surface area contributed by atoms with E-state index >= 15 is 0 Å². The van der Waals surface area contributed by atoms with Gasteiger partial charge in [0, 0.05) is 17.5 Å². The van der Waals surface area contributed by atoms with Crippen molar-refractivity contribution in [3.05, 3.63) is 40.8 Å². The Morgan fingerprint density at radius 1 is 1.26 bits per heavy atom. The summed E-state index contributed by atoms with van der Waals surface area (Å²) < 4.78 is 14.7. The van der Waals surface area contributed by atoms with Crippen LogP contribution in [-0.2, 0) is 8.10 Å². The highest BCUT2D eigenvalue weighted by Crippen LogP contribution is 2.19. The molecule has 1 heterocycles. The van der Waals surface area contributed by atoms with E-state index in [0.29, 0.717) is 11.3 Å². The standard InChI is InChI=1S/C12H11IO6/c13-19-17-7-9(14)6-16-10-3-1-8-2-4-12(15)18-11(8)5-10/h1-5,9,14H,6-7H2. The molecule has 0 saturated heterocycles. The maximum atomic E-state index is 11.1. The Balaban J connectivity index is 2.03. The zero-order valence-electron chi connectivity index (χ0n) is 9.74. The van der Waals surface area contributed by atoms with Crippen molar-refractivity contribution in [2.24, 2.45) is 0 Å². The van der Waals surface area contributed by atoms with Gasteiger partial charge >= 0.3 is 5.63 Å². The SMILES string of the molecule is O=c1ccc2ccc(OCC(O)COOI)cc2o1. The summed E-state index contributed by atoms with van der Waals surface area (Å²) in [5, 5.41) is 10.3. The number of hydrogen-bond donors (Lipinski definition) is 1. The normalized spacial score (nSPS) is 12.5. The number of benzene rings is 1. The molecule has 6 nitrogen and oxygen atoms in total. The van der Waals surface area contributed by atoms with Crippen LogP contribution in [0, 0.1) is 0 Å². The highest BCUT2D eigenvalue weighted by molar-refractivity contribution is 14.1. The van der Waals surface area contributed by atoms with E-state index in [2.05, 4.69) is 8.10 Å². The lowest BCUT2D eigenvalue weighted by Gasteiger charge is -2.11. The molecular formula is C12H11IO6. The molecular weight excluding hydrogens is 367 g/mol. The maximum absolute atomic E-state index is 11.1. The van der Waals surface area contributed by atoms with Crippen LogP contribution in [-0.4, -0.2) is 24.4 Å². The Hall–Kier alpha value is -1.16. The third-order valence-corrected chi connectivity index (χ3v) is 2.60. The largest absolute Gasteiger partial charge is 0.491 e. The molecule has 19 heavy (non-hydrogen) atoms. The van der Waals surface area contributed by atoms with E-state index in [4.69, 9.17) is 9.15 Å². The van der Waals surface area contributed by atoms with Crippen molar-refractivity contribution < 1.29 is 22.4 Å². The average molecular weight is 378 g/mol. The van der Waals surface area contributed by atoms with Gasteiger partial charge in [0.15, 0.2) is 23.0 Å². The minimum Gasteiger partial charge on any atom is -0.491 e. The number of fused-ring (bicyclic) bond motifs is 1. The van der Waals surface area contributed by atoms with Crippen LogP contribution in [0.15, 0.2) is 39.5 Å². The van der Waals surface area contributed by atoms with Gasteiger partial charge < -0.3 is 14.3 Å². The third kappa shape index (κ3) is 4.16. The molecule has 0 aliphatic carbocycles. The summed E-state index contributed by atoms with van der Waals surface area (Å²) in [5.41, 5.74) is 0.0172. The number of aliphatic hydroxyl groups is 1. The summed E-state index contributed by atoms with van der Waals surface area (Å²) in [6.07, 6.45) is -0.812. The molecule has 1 aromatic heterocycles. The fourth-order valence-electron chi connectivity index (χ4n) is 1.48. The van der Waals surface area contributed by atoms with Crippen molar-refractivity contribution in [2.75, 3.05) is 13.2 Å². The van der Waals surface area contributed by atoms with Gasteiger partial charge in [-0.25, -0.2) is 9.68 Å². The van der Waals surface area contributed by atoms with Crippen LogP contribution < -0.4 is 10.4 Å². The summed E-state index contributed by atoms with van der Waals surface area (Å²) in [5.74, 6) is 0.497. The highest BCUT2D eigenvalue weighted by Gasteiger charge is 2.07. The van der Waals surface area contributed by atoms with Gasteiger partial charge in [0.25, 0.3) is 0 Å². The predicted octanol–water partition coefficient (Wildman–Crippen LogP) is 1.83. The lowest BCUT2D eigenvalue weighted by molar-refractivity contribution is -0.189. The lowest BCUT2D eigenvalue weighted by Crippen LogP contribution is -2.22. The first-order chi connectivity index (χ1) is 9.19. The second-order valence-electron chi connectivity index (χ2n) is 3.77. The summed E-state index contributed by atoms with van der Waals surface area (Å²) in [6, 6.07) is 8.12. The molecule has 0 radical (unpaired) electrons. The predicted molar refractivity (Wildman–Crippen MR) is 75.0 cm³/mol.